The molecule has 0 aliphatic heterocycles. The molecule has 0 spiro atoms. The van der Waals surface area contributed by atoms with Crippen molar-refractivity contribution in [2.75, 3.05) is 5.32 Å². The van der Waals surface area contributed by atoms with Gasteiger partial charge in [0.1, 0.15) is 12.4 Å². The minimum Gasteiger partial charge on any atom is -0.350 e. The fraction of sp³-hybridized carbons (Fsp3) is 0.217. The average molecular weight is 434 g/mol. The van der Waals surface area contributed by atoms with E-state index in [2.05, 4.69) is 26.8 Å². The van der Waals surface area contributed by atoms with Crippen molar-refractivity contribution >= 4 is 23.2 Å². The monoisotopic (exact) mass is 434 g/mol. The molecule has 0 saturated carbocycles. The Morgan fingerprint density at radius 3 is 2.41 bits per heavy atom. The number of aromatic nitrogens is 4. The topological polar surface area (TPSA) is 93.3 Å². The lowest BCUT2D eigenvalue weighted by atomic mass is 10.1. The molecule has 9 heteroatoms. The molecule has 2 heterocycles. The van der Waals surface area contributed by atoms with Crippen molar-refractivity contribution in [3.63, 3.8) is 0 Å². The molecule has 8 nitrogen and oxygen atoms in total. The first-order valence-corrected chi connectivity index (χ1v) is 10.1. The predicted molar refractivity (Wildman–Crippen MR) is 119 cm³/mol. The van der Waals surface area contributed by atoms with E-state index in [1.54, 1.807) is 18.2 Å². The van der Waals surface area contributed by atoms with Gasteiger partial charge in [-0.15, -0.1) is 5.10 Å². The summed E-state index contributed by atoms with van der Waals surface area (Å²) in [4.78, 5) is 29.8. The van der Waals surface area contributed by atoms with Crippen LogP contribution in [-0.2, 0) is 17.9 Å². The smallest absolute Gasteiger partial charge is 0.350 e. The molecular weight excluding hydrogens is 411 g/mol. The molecule has 4 rings (SSSR count). The van der Waals surface area contributed by atoms with Crippen LogP contribution in [0.4, 0.5) is 16.0 Å². The first-order chi connectivity index (χ1) is 15.3. The van der Waals surface area contributed by atoms with E-state index >= 15 is 0 Å². The molecule has 164 valence electrons. The molecule has 0 radical (unpaired) electrons. The lowest BCUT2D eigenvalue weighted by Gasteiger charge is -2.09. The number of fused-ring (bicyclic) bond motifs is 1. The quantitative estimate of drug-likeness (QED) is 0.487. The number of halogens is 1. The second kappa shape index (κ2) is 8.62. The van der Waals surface area contributed by atoms with Gasteiger partial charge in [-0.25, -0.2) is 23.3 Å². The normalized spacial score (nSPS) is 11.0. The summed E-state index contributed by atoms with van der Waals surface area (Å²) in [5.41, 5.74) is 4.31. The Balaban J connectivity index is 1.57. The molecule has 1 amide bonds. The average Bonchev–Trinajstić information content (AvgIpc) is 3.01. The Morgan fingerprint density at radius 2 is 1.72 bits per heavy atom. The van der Waals surface area contributed by atoms with Gasteiger partial charge in [0.15, 0.2) is 5.65 Å². The van der Waals surface area contributed by atoms with Crippen molar-refractivity contribution in [1.29, 1.82) is 0 Å². The fourth-order valence-corrected chi connectivity index (χ4v) is 3.51. The zero-order valence-corrected chi connectivity index (χ0v) is 18.0. The van der Waals surface area contributed by atoms with Crippen LogP contribution in [0.2, 0.25) is 0 Å². The van der Waals surface area contributed by atoms with Crippen LogP contribution in [0.25, 0.3) is 5.65 Å². The summed E-state index contributed by atoms with van der Waals surface area (Å²) >= 11 is 0. The van der Waals surface area contributed by atoms with E-state index in [1.807, 2.05) is 32.9 Å². The van der Waals surface area contributed by atoms with Gasteiger partial charge in [0, 0.05) is 24.0 Å². The number of hydrogen-bond donors (Lipinski definition) is 2. The minimum absolute atomic E-state index is 0.224. The van der Waals surface area contributed by atoms with Gasteiger partial charge >= 0.3 is 5.69 Å². The molecule has 32 heavy (non-hydrogen) atoms. The number of benzene rings is 2. The third kappa shape index (κ3) is 4.66. The highest BCUT2D eigenvalue weighted by atomic mass is 19.1. The van der Waals surface area contributed by atoms with Gasteiger partial charge in [0.2, 0.25) is 11.9 Å². The zero-order chi connectivity index (χ0) is 22.8. The van der Waals surface area contributed by atoms with Crippen LogP contribution >= 0.6 is 0 Å². The predicted octanol–water partition coefficient (Wildman–Crippen LogP) is 3.02. The number of nitrogens with one attached hydrogen (secondary N) is 2. The Hall–Kier alpha value is -4.01. The lowest BCUT2D eigenvalue weighted by Crippen LogP contribution is -2.32. The van der Waals surface area contributed by atoms with E-state index in [0.29, 0.717) is 17.3 Å². The van der Waals surface area contributed by atoms with Crippen LogP contribution in [-0.4, -0.2) is 25.1 Å². The van der Waals surface area contributed by atoms with Crippen molar-refractivity contribution in [3.05, 3.63) is 87.2 Å². The van der Waals surface area contributed by atoms with E-state index in [1.165, 1.54) is 16.5 Å². The number of anilines is 2. The largest absolute Gasteiger partial charge is 0.353 e. The summed E-state index contributed by atoms with van der Waals surface area (Å²) in [6.45, 7) is 5.77. The summed E-state index contributed by atoms with van der Waals surface area (Å²) in [6, 6.07) is 13.5. The number of carbonyl (C=O) groups is 1. The van der Waals surface area contributed by atoms with Crippen LogP contribution in [0.5, 0.6) is 0 Å². The van der Waals surface area contributed by atoms with Gasteiger partial charge in [0.05, 0.1) is 0 Å². The van der Waals surface area contributed by atoms with Crippen molar-refractivity contribution in [2.45, 2.75) is 33.9 Å². The Morgan fingerprint density at radius 1 is 1.03 bits per heavy atom. The third-order valence-corrected chi connectivity index (χ3v) is 4.87. The van der Waals surface area contributed by atoms with Gasteiger partial charge < -0.3 is 10.6 Å². The Labute approximate surface area is 183 Å². The number of aryl methyl sites for hydroxylation is 3. The molecule has 0 saturated heterocycles. The molecule has 2 N–H and O–H groups in total. The molecule has 0 fully saturated rings. The highest BCUT2D eigenvalue weighted by Crippen LogP contribution is 2.19. The van der Waals surface area contributed by atoms with E-state index in [-0.39, 0.29) is 24.8 Å². The second-order valence-electron chi connectivity index (χ2n) is 7.76. The standard InChI is InChI=1S/C23H23FN6O2/c1-14-8-15(2)10-19(9-14)27-22-26-16(3)11-20-28-29(23(32)30(20)22)13-21(31)25-12-17-4-6-18(24)7-5-17/h4-11H,12-13H2,1-3H3,(H,25,31)(H,26,27). The SMILES string of the molecule is Cc1cc(C)cc(Nc2nc(C)cc3nn(CC(=O)NCc4ccc(F)cc4)c(=O)n23)c1. The number of rotatable bonds is 6. The van der Waals surface area contributed by atoms with E-state index < -0.39 is 5.69 Å². The van der Waals surface area contributed by atoms with Crippen molar-refractivity contribution in [1.82, 2.24) is 24.5 Å². The molecule has 0 unspecified atom stereocenters. The van der Waals surface area contributed by atoms with Gasteiger partial charge in [-0.1, -0.05) is 18.2 Å². The van der Waals surface area contributed by atoms with Crippen molar-refractivity contribution in [3.8, 4) is 0 Å². The number of carbonyl (C=O) groups excluding carboxylic acids is 1. The van der Waals surface area contributed by atoms with Crippen LogP contribution in [0.3, 0.4) is 0 Å². The number of amides is 1. The highest BCUT2D eigenvalue weighted by molar-refractivity contribution is 5.75. The van der Waals surface area contributed by atoms with Crippen molar-refractivity contribution in [2.24, 2.45) is 0 Å². The molecule has 4 aromatic rings. The summed E-state index contributed by atoms with van der Waals surface area (Å²) in [6.07, 6.45) is 0. The first-order valence-electron chi connectivity index (χ1n) is 10.1. The maximum absolute atomic E-state index is 13.0. The van der Waals surface area contributed by atoms with Crippen LogP contribution in [0.15, 0.2) is 53.3 Å². The summed E-state index contributed by atoms with van der Waals surface area (Å²) in [5, 5.41) is 10.2. The second-order valence-corrected chi connectivity index (χ2v) is 7.76. The molecule has 0 aliphatic carbocycles. The summed E-state index contributed by atoms with van der Waals surface area (Å²) in [7, 11) is 0. The van der Waals surface area contributed by atoms with E-state index in [0.717, 1.165) is 27.1 Å². The van der Waals surface area contributed by atoms with Crippen LogP contribution < -0.4 is 16.3 Å². The minimum atomic E-state index is -0.476. The highest BCUT2D eigenvalue weighted by Gasteiger charge is 2.15. The molecule has 2 aromatic carbocycles. The van der Waals surface area contributed by atoms with Gasteiger partial charge in [-0.3, -0.25) is 4.79 Å². The van der Waals surface area contributed by atoms with Gasteiger partial charge in [-0.05, 0) is 61.7 Å². The van der Waals surface area contributed by atoms with Gasteiger partial charge in [-0.2, -0.15) is 0 Å². The maximum atomic E-state index is 13.0. The van der Waals surface area contributed by atoms with E-state index in [9.17, 15) is 14.0 Å². The zero-order valence-electron chi connectivity index (χ0n) is 18.0. The van der Waals surface area contributed by atoms with Crippen molar-refractivity contribution < 1.29 is 9.18 Å². The fourth-order valence-electron chi connectivity index (χ4n) is 3.51. The summed E-state index contributed by atoms with van der Waals surface area (Å²) < 4.78 is 15.5. The number of nitrogens with zero attached hydrogens (tertiary/aromatic N) is 4. The molecule has 0 aliphatic rings. The molecule has 2 aromatic heterocycles. The third-order valence-electron chi connectivity index (χ3n) is 4.87. The number of hydrogen-bond acceptors (Lipinski definition) is 5. The van der Waals surface area contributed by atoms with Gasteiger partial charge in [0.25, 0.3) is 0 Å². The molecular formula is C23H23FN6O2. The molecule has 0 bridgehead atoms. The molecule has 0 atom stereocenters. The van der Waals surface area contributed by atoms with Crippen LogP contribution in [0.1, 0.15) is 22.4 Å². The Kier molecular flexibility index (Phi) is 5.72. The van der Waals surface area contributed by atoms with E-state index in [4.69, 9.17) is 0 Å². The lowest BCUT2D eigenvalue weighted by molar-refractivity contribution is -0.122. The maximum Gasteiger partial charge on any atom is 0.353 e. The van der Waals surface area contributed by atoms with Crippen LogP contribution in [0, 0.1) is 26.6 Å². The first kappa shape index (κ1) is 21.2. The summed E-state index contributed by atoms with van der Waals surface area (Å²) in [5.74, 6) is -0.397. The Bertz CT molecular complexity index is 1340.